The fraction of sp³-hybridized carbons (Fsp3) is 0.417. The van der Waals surface area contributed by atoms with Gasteiger partial charge in [-0.05, 0) is 25.1 Å². The highest BCUT2D eigenvalue weighted by Crippen LogP contribution is 2.32. The molecule has 1 aromatic rings. The van der Waals surface area contributed by atoms with E-state index in [0.717, 1.165) is 9.99 Å². The van der Waals surface area contributed by atoms with E-state index in [4.69, 9.17) is 0 Å². The van der Waals surface area contributed by atoms with Gasteiger partial charge in [-0.2, -0.15) is 0 Å². The molecular weight excluding hydrogens is 266 g/mol. The van der Waals surface area contributed by atoms with Gasteiger partial charge in [0.05, 0.1) is 22.8 Å². The molecule has 7 heteroatoms. The van der Waals surface area contributed by atoms with Crippen molar-refractivity contribution in [3.8, 4) is 0 Å². The lowest BCUT2D eigenvalue weighted by Crippen LogP contribution is -2.38. The molecule has 19 heavy (non-hydrogen) atoms. The number of hydrogen-bond donors (Lipinski definition) is 1. The Morgan fingerprint density at radius 1 is 1.37 bits per heavy atom. The van der Waals surface area contributed by atoms with Crippen LogP contribution in [-0.2, 0) is 14.8 Å². The van der Waals surface area contributed by atoms with Gasteiger partial charge in [-0.1, -0.05) is 0 Å². The molecule has 0 bridgehead atoms. The van der Waals surface area contributed by atoms with Gasteiger partial charge in [-0.25, -0.2) is 12.7 Å². The van der Waals surface area contributed by atoms with Crippen LogP contribution in [0.15, 0.2) is 23.1 Å². The van der Waals surface area contributed by atoms with E-state index in [1.807, 2.05) is 11.8 Å². The van der Waals surface area contributed by atoms with Gasteiger partial charge in [0.1, 0.15) is 0 Å². The number of nitrogens with one attached hydrogen (secondary N) is 1. The molecular formula is C12H17N3O3S. The monoisotopic (exact) mass is 283 g/mol. The minimum absolute atomic E-state index is 0.131. The van der Waals surface area contributed by atoms with Gasteiger partial charge in [-0.3, -0.25) is 4.79 Å². The SMILES string of the molecule is CCN1CC(=O)Nc2cc(S(=O)(=O)N(C)C)ccc21. The lowest BCUT2D eigenvalue weighted by molar-refractivity contribution is -0.115. The highest BCUT2D eigenvalue weighted by molar-refractivity contribution is 7.89. The zero-order valence-corrected chi connectivity index (χ0v) is 12.0. The fourth-order valence-corrected chi connectivity index (χ4v) is 2.92. The Morgan fingerprint density at radius 3 is 2.63 bits per heavy atom. The third-order valence-corrected chi connectivity index (χ3v) is 4.89. The van der Waals surface area contributed by atoms with Crippen molar-refractivity contribution in [2.75, 3.05) is 37.4 Å². The summed E-state index contributed by atoms with van der Waals surface area (Å²) in [5.41, 5.74) is 1.39. The van der Waals surface area contributed by atoms with Crippen molar-refractivity contribution in [3.05, 3.63) is 18.2 Å². The minimum atomic E-state index is -3.49. The van der Waals surface area contributed by atoms with E-state index in [1.54, 1.807) is 12.1 Å². The molecule has 104 valence electrons. The van der Waals surface area contributed by atoms with Crippen LogP contribution in [0.2, 0.25) is 0 Å². The molecule has 1 heterocycles. The number of amides is 1. The van der Waals surface area contributed by atoms with Gasteiger partial charge in [0, 0.05) is 20.6 Å². The van der Waals surface area contributed by atoms with Crippen LogP contribution in [0.3, 0.4) is 0 Å². The van der Waals surface area contributed by atoms with E-state index >= 15 is 0 Å². The first-order valence-electron chi connectivity index (χ1n) is 5.97. The predicted octanol–water partition coefficient (Wildman–Crippen LogP) is 0.715. The van der Waals surface area contributed by atoms with Gasteiger partial charge >= 0.3 is 0 Å². The van der Waals surface area contributed by atoms with Gasteiger partial charge in [0.25, 0.3) is 0 Å². The minimum Gasteiger partial charge on any atom is -0.361 e. The fourth-order valence-electron chi connectivity index (χ4n) is 1.99. The zero-order chi connectivity index (χ0) is 14.2. The van der Waals surface area contributed by atoms with E-state index in [1.165, 1.54) is 20.2 Å². The summed E-state index contributed by atoms with van der Waals surface area (Å²) in [4.78, 5) is 13.7. The Labute approximate surface area is 113 Å². The number of benzene rings is 1. The second kappa shape index (κ2) is 4.82. The first kappa shape index (κ1) is 13.8. The standard InChI is InChI=1S/C12H17N3O3S/c1-4-15-8-12(16)13-10-7-9(5-6-11(10)15)19(17,18)14(2)3/h5-7H,4,8H2,1-3H3,(H,13,16). The maximum atomic E-state index is 12.0. The Hall–Kier alpha value is -1.60. The summed E-state index contributed by atoms with van der Waals surface area (Å²) in [6, 6.07) is 4.80. The first-order chi connectivity index (χ1) is 8.86. The zero-order valence-electron chi connectivity index (χ0n) is 11.2. The molecule has 1 aromatic carbocycles. The molecule has 0 unspecified atom stereocenters. The number of nitrogens with zero attached hydrogens (tertiary/aromatic N) is 2. The molecule has 0 saturated carbocycles. The van der Waals surface area contributed by atoms with Crippen LogP contribution in [0.25, 0.3) is 0 Å². The summed E-state index contributed by atoms with van der Waals surface area (Å²) in [6.07, 6.45) is 0. The van der Waals surface area contributed by atoms with Crippen molar-refractivity contribution in [2.24, 2.45) is 0 Å². The second-order valence-corrected chi connectivity index (χ2v) is 6.68. The molecule has 6 nitrogen and oxygen atoms in total. The highest BCUT2D eigenvalue weighted by atomic mass is 32.2. The summed E-state index contributed by atoms with van der Waals surface area (Å²) in [5.74, 6) is -0.131. The molecule has 1 aliphatic rings. The summed E-state index contributed by atoms with van der Waals surface area (Å²) < 4.78 is 25.2. The Balaban J connectivity index is 2.50. The summed E-state index contributed by atoms with van der Waals surface area (Å²) in [7, 11) is -0.533. The molecule has 2 rings (SSSR count). The number of fused-ring (bicyclic) bond motifs is 1. The Morgan fingerprint density at radius 2 is 2.05 bits per heavy atom. The van der Waals surface area contributed by atoms with Crippen LogP contribution in [0.5, 0.6) is 0 Å². The van der Waals surface area contributed by atoms with Crippen molar-refractivity contribution in [3.63, 3.8) is 0 Å². The molecule has 0 spiro atoms. The van der Waals surface area contributed by atoms with E-state index in [9.17, 15) is 13.2 Å². The van der Waals surface area contributed by atoms with E-state index in [0.29, 0.717) is 18.8 Å². The van der Waals surface area contributed by atoms with Crippen LogP contribution in [0.1, 0.15) is 6.92 Å². The number of anilines is 2. The molecule has 0 aliphatic carbocycles. The van der Waals surface area contributed by atoms with Crippen LogP contribution < -0.4 is 10.2 Å². The summed E-state index contributed by atoms with van der Waals surface area (Å²) in [5, 5.41) is 2.71. The number of hydrogen-bond acceptors (Lipinski definition) is 4. The molecule has 1 aliphatic heterocycles. The summed E-state index contributed by atoms with van der Waals surface area (Å²) in [6.45, 7) is 2.94. The maximum absolute atomic E-state index is 12.0. The lowest BCUT2D eigenvalue weighted by atomic mass is 10.2. The number of carbonyl (C=O) groups is 1. The second-order valence-electron chi connectivity index (χ2n) is 4.53. The third kappa shape index (κ3) is 2.43. The molecule has 0 saturated heterocycles. The van der Waals surface area contributed by atoms with Crippen LogP contribution >= 0.6 is 0 Å². The molecule has 1 amide bonds. The van der Waals surface area contributed by atoms with Crippen LogP contribution in [0, 0.1) is 0 Å². The molecule has 1 N–H and O–H groups in total. The Bertz CT molecular complexity index is 611. The molecule has 0 atom stereocenters. The number of likely N-dealkylation sites (N-methyl/N-ethyl adjacent to an activating group) is 1. The van der Waals surface area contributed by atoms with Gasteiger partial charge in [0.15, 0.2) is 0 Å². The first-order valence-corrected chi connectivity index (χ1v) is 7.41. The molecule has 0 fully saturated rings. The smallest absolute Gasteiger partial charge is 0.243 e. The predicted molar refractivity (Wildman–Crippen MR) is 73.8 cm³/mol. The van der Waals surface area contributed by atoms with Crippen LogP contribution in [0.4, 0.5) is 11.4 Å². The average Bonchev–Trinajstić information content (AvgIpc) is 2.36. The highest BCUT2D eigenvalue weighted by Gasteiger charge is 2.24. The quantitative estimate of drug-likeness (QED) is 0.887. The van der Waals surface area contributed by atoms with Crippen molar-refractivity contribution in [1.82, 2.24) is 4.31 Å². The van der Waals surface area contributed by atoms with E-state index in [2.05, 4.69) is 5.32 Å². The van der Waals surface area contributed by atoms with Crippen LogP contribution in [-0.4, -0.2) is 45.8 Å². The van der Waals surface area contributed by atoms with Gasteiger partial charge in [-0.15, -0.1) is 0 Å². The average molecular weight is 283 g/mol. The third-order valence-electron chi connectivity index (χ3n) is 3.08. The van der Waals surface area contributed by atoms with Crippen molar-refractivity contribution < 1.29 is 13.2 Å². The van der Waals surface area contributed by atoms with E-state index in [-0.39, 0.29) is 10.8 Å². The van der Waals surface area contributed by atoms with Crippen molar-refractivity contribution in [2.45, 2.75) is 11.8 Å². The lowest BCUT2D eigenvalue weighted by Gasteiger charge is -2.30. The van der Waals surface area contributed by atoms with E-state index < -0.39 is 10.0 Å². The molecule has 0 radical (unpaired) electrons. The topological polar surface area (TPSA) is 69.7 Å². The van der Waals surface area contributed by atoms with Gasteiger partial charge in [0.2, 0.25) is 15.9 Å². The number of carbonyl (C=O) groups excluding carboxylic acids is 1. The molecule has 0 aromatic heterocycles. The van der Waals surface area contributed by atoms with Crippen molar-refractivity contribution >= 4 is 27.3 Å². The largest absolute Gasteiger partial charge is 0.361 e. The number of sulfonamides is 1. The van der Waals surface area contributed by atoms with Gasteiger partial charge < -0.3 is 10.2 Å². The Kier molecular flexibility index (Phi) is 3.51. The summed E-state index contributed by atoms with van der Waals surface area (Å²) >= 11 is 0. The maximum Gasteiger partial charge on any atom is 0.243 e. The normalized spacial score (nSPS) is 15.4. The van der Waals surface area contributed by atoms with Crippen molar-refractivity contribution in [1.29, 1.82) is 0 Å². The number of rotatable bonds is 3.